The molecule has 3 aromatic heterocycles. The number of benzene rings is 1. The van der Waals surface area contributed by atoms with Gasteiger partial charge in [-0.2, -0.15) is 0 Å². The van der Waals surface area contributed by atoms with Crippen LogP contribution in [-0.2, 0) is 13.0 Å². The second-order valence-electron chi connectivity index (χ2n) is 6.64. The van der Waals surface area contributed by atoms with Gasteiger partial charge in [0.15, 0.2) is 11.6 Å². The fraction of sp³-hybridized carbons (Fsp3) is 0.286. The van der Waals surface area contributed by atoms with Crippen molar-refractivity contribution < 1.29 is 4.42 Å². The van der Waals surface area contributed by atoms with Crippen LogP contribution < -0.4 is 5.32 Å². The van der Waals surface area contributed by atoms with E-state index >= 15 is 0 Å². The Morgan fingerprint density at radius 3 is 2.89 bits per heavy atom. The van der Waals surface area contributed by atoms with Crippen LogP contribution in [0.4, 0.5) is 0 Å². The van der Waals surface area contributed by atoms with Gasteiger partial charge in [-0.05, 0) is 31.2 Å². The molecule has 0 amide bonds. The first kappa shape index (κ1) is 18.0. The molecule has 0 aliphatic carbocycles. The molecule has 0 saturated heterocycles. The number of nitrogens with one attached hydrogen (secondary N) is 1. The van der Waals surface area contributed by atoms with Crippen LogP contribution in [0.5, 0.6) is 0 Å². The Labute approximate surface area is 163 Å². The minimum absolute atomic E-state index is 0.627. The topological polar surface area (TPSA) is 71.0 Å². The van der Waals surface area contributed by atoms with Gasteiger partial charge in [-0.3, -0.25) is 9.39 Å². The molecule has 0 saturated carbocycles. The number of para-hydroxylation sites is 1. The molecule has 7 nitrogen and oxygen atoms in total. The van der Waals surface area contributed by atoms with Crippen molar-refractivity contribution >= 4 is 22.6 Å². The zero-order valence-electron chi connectivity index (χ0n) is 16.2. The molecular weight excluding hydrogens is 352 g/mol. The second kappa shape index (κ2) is 8.12. The summed E-state index contributed by atoms with van der Waals surface area (Å²) in [6, 6.07) is 16.0. The highest BCUT2D eigenvalue weighted by Gasteiger charge is 2.11. The number of nitrogens with zero attached hydrogens (tertiary/aromatic N) is 5. The summed E-state index contributed by atoms with van der Waals surface area (Å²) in [6.07, 6.45) is 2.70. The van der Waals surface area contributed by atoms with Crippen molar-refractivity contribution in [1.82, 2.24) is 24.8 Å². The highest BCUT2D eigenvalue weighted by molar-refractivity contribution is 5.80. The molecule has 0 aliphatic rings. The first-order valence-corrected chi connectivity index (χ1v) is 9.50. The van der Waals surface area contributed by atoms with Gasteiger partial charge in [0.2, 0.25) is 0 Å². The molecule has 0 atom stereocenters. The molecular formula is C21H24N6O. The molecule has 0 bridgehead atoms. The highest BCUT2D eigenvalue weighted by atomic mass is 16.3. The monoisotopic (exact) mass is 376 g/mol. The quantitative estimate of drug-likeness (QED) is 0.414. The first-order valence-electron chi connectivity index (χ1n) is 9.50. The number of aliphatic imine (C=N–C) groups is 1. The Morgan fingerprint density at radius 2 is 2.04 bits per heavy atom. The van der Waals surface area contributed by atoms with Crippen molar-refractivity contribution in [2.75, 3.05) is 20.1 Å². The lowest BCUT2D eigenvalue weighted by Crippen LogP contribution is -2.38. The summed E-state index contributed by atoms with van der Waals surface area (Å²) in [5, 5.41) is 12.9. The minimum Gasteiger partial charge on any atom is -0.459 e. The summed E-state index contributed by atoms with van der Waals surface area (Å²) in [5.41, 5.74) is 1.77. The molecule has 1 aromatic carbocycles. The van der Waals surface area contributed by atoms with Gasteiger partial charge in [-0.25, -0.2) is 0 Å². The van der Waals surface area contributed by atoms with Crippen molar-refractivity contribution in [2.45, 2.75) is 19.9 Å². The van der Waals surface area contributed by atoms with Gasteiger partial charge in [-0.1, -0.05) is 24.3 Å². The van der Waals surface area contributed by atoms with E-state index in [-0.39, 0.29) is 0 Å². The number of guanidine groups is 1. The van der Waals surface area contributed by atoms with E-state index in [1.807, 2.05) is 54.0 Å². The van der Waals surface area contributed by atoms with Crippen molar-refractivity contribution in [3.8, 4) is 0 Å². The van der Waals surface area contributed by atoms with E-state index in [0.29, 0.717) is 13.1 Å². The van der Waals surface area contributed by atoms with Gasteiger partial charge in [-0.15, -0.1) is 10.2 Å². The number of furan rings is 1. The predicted molar refractivity (Wildman–Crippen MR) is 110 cm³/mol. The molecule has 28 heavy (non-hydrogen) atoms. The van der Waals surface area contributed by atoms with E-state index in [2.05, 4.69) is 39.5 Å². The molecule has 0 fully saturated rings. The molecule has 1 N–H and O–H groups in total. The van der Waals surface area contributed by atoms with Gasteiger partial charge in [0.05, 0.1) is 6.54 Å². The number of hydrogen-bond acceptors (Lipinski definition) is 4. The SMILES string of the molecule is CCNC(=NCCc1nnc2ccccn12)N(C)Cc1cc2ccccc2o1. The Bertz CT molecular complexity index is 1060. The third-order valence-electron chi connectivity index (χ3n) is 4.55. The Kier molecular flexibility index (Phi) is 5.23. The van der Waals surface area contributed by atoms with Crippen molar-refractivity contribution in [3.05, 3.63) is 66.3 Å². The molecule has 144 valence electrons. The molecule has 0 spiro atoms. The summed E-state index contributed by atoms with van der Waals surface area (Å²) in [7, 11) is 2.02. The number of pyridine rings is 1. The summed E-state index contributed by atoms with van der Waals surface area (Å²) in [4.78, 5) is 6.83. The van der Waals surface area contributed by atoms with E-state index in [0.717, 1.165) is 47.1 Å². The van der Waals surface area contributed by atoms with Crippen LogP contribution in [0.25, 0.3) is 16.6 Å². The maximum absolute atomic E-state index is 5.93. The Balaban J connectivity index is 1.44. The van der Waals surface area contributed by atoms with Gasteiger partial charge in [0.1, 0.15) is 17.2 Å². The molecule has 7 heteroatoms. The van der Waals surface area contributed by atoms with Crippen LogP contribution in [-0.4, -0.2) is 45.6 Å². The lowest BCUT2D eigenvalue weighted by atomic mass is 10.2. The van der Waals surface area contributed by atoms with Crippen LogP contribution in [0, 0.1) is 0 Å². The number of aromatic nitrogens is 3. The largest absolute Gasteiger partial charge is 0.459 e. The summed E-state index contributed by atoms with van der Waals surface area (Å²) >= 11 is 0. The fourth-order valence-corrected chi connectivity index (χ4v) is 3.22. The lowest BCUT2D eigenvalue weighted by Gasteiger charge is -2.20. The Hall–Kier alpha value is -3.35. The van der Waals surface area contributed by atoms with Crippen molar-refractivity contribution in [2.24, 2.45) is 4.99 Å². The average Bonchev–Trinajstić information content (AvgIpc) is 3.30. The van der Waals surface area contributed by atoms with Gasteiger partial charge in [0, 0.05) is 38.1 Å². The van der Waals surface area contributed by atoms with E-state index in [1.54, 1.807) is 0 Å². The van der Waals surface area contributed by atoms with E-state index < -0.39 is 0 Å². The summed E-state index contributed by atoms with van der Waals surface area (Å²) < 4.78 is 7.93. The van der Waals surface area contributed by atoms with Gasteiger partial charge < -0.3 is 14.6 Å². The van der Waals surface area contributed by atoms with E-state index in [4.69, 9.17) is 9.41 Å². The van der Waals surface area contributed by atoms with Crippen molar-refractivity contribution in [1.29, 1.82) is 0 Å². The molecule has 0 radical (unpaired) electrons. The number of fused-ring (bicyclic) bond motifs is 2. The third kappa shape index (κ3) is 3.83. The standard InChI is InChI=1S/C21H24N6O/c1-3-22-21(23-12-11-20-25-24-19-10-6-7-13-27(19)20)26(2)15-17-14-16-8-4-5-9-18(16)28-17/h4-10,13-14H,3,11-12,15H2,1-2H3,(H,22,23). The Morgan fingerprint density at radius 1 is 1.18 bits per heavy atom. The van der Waals surface area contributed by atoms with Crippen molar-refractivity contribution in [3.63, 3.8) is 0 Å². The minimum atomic E-state index is 0.627. The van der Waals surface area contributed by atoms with Crippen LogP contribution in [0.2, 0.25) is 0 Å². The zero-order chi connectivity index (χ0) is 19.3. The molecule has 0 unspecified atom stereocenters. The van der Waals surface area contributed by atoms with E-state index in [9.17, 15) is 0 Å². The van der Waals surface area contributed by atoms with Gasteiger partial charge in [0.25, 0.3) is 0 Å². The predicted octanol–water partition coefficient (Wildman–Crippen LogP) is 3.12. The average molecular weight is 376 g/mol. The molecule has 3 heterocycles. The summed E-state index contributed by atoms with van der Waals surface area (Å²) in [6.45, 7) is 4.14. The van der Waals surface area contributed by atoms with Crippen LogP contribution in [0.15, 0.2) is 64.1 Å². The number of hydrogen-bond donors (Lipinski definition) is 1. The third-order valence-corrected chi connectivity index (χ3v) is 4.55. The first-order chi connectivity index (χ1) is 13.7. The highest BCUT2D eigenvalue weighted by Crippen LogP contribution is 2.19. The normalized spacial score (nSPS) is 12.0. The molecule has 4 rings (SSSR count). The van der Waals surface area contributed by atoms with E-state index in [1.165, 1.54) is 0 Å². The van der Waals surface area contributed by atoms with Crippen LogP contribution in [0.3, 0.4) is 0 Å². The zero-order valence-corrected chi connectivity index (χ0v) is 16.2. The molecule has 0 aliphatic heterocycles. The van der Waals surface area contributed by atoms with Crippen LogP contribution in [0.1, 0.15) is 18.5 Å². The fourth-order valence-electron chi connectivity index (χ4n) is 3.22. The van der Waals surface area contributed by atoms with Crippen LogP contribution >= 0.6 is 0 Å². The lowest BCUT2D eigenvalue weighted by molar-refractivity contribution is 0.412. The summed E-state index contributed by atoms with van der Waals surface area (Å²) in [5.74, 6) is 2.67. The number of rotatable bonds is 6. The maximum Gasteiger partial charge on any atom is 0.194 e. The maximum atomic E-state index is 5.93. The second-order valence-corrected chi connectivity index (χ2v) is 6.64. The molecule has 4 aromatic rings. The smallest absolute Gasteiger partial charge is 0.194 e. The van der Waals surface area contributed by atoms with Gasteiger partial charge >= 0.3 is 0 Å².